The first kappa shape index (κ1) is 16.0. The monoisotopic (exact) mass is 331 g/mol. The van der Waals surface area contributed by atoms with Gasteiger partial charge in [0.05, 0.1) is 26.2 Å². The molecule has 0 saturated carbocycles. The number of fused-ring (bicyclic) bond motifs is 1. The van der Waals surface area contributed by atoms with Gasteiger partial charge in [-0.2, -0.15) is 11.3 Å². The molecule has 1 aliphatic heterocycles. The molecule has 23 heavy (non-hydrogen) atoms. The van der Waals surface area contributed by atoms with Gasteiger partial charge in [-0.3, -0.25) is 4.79 Å². The van der Waals surface area contributed by atoms with E-state index in [1.807, 2.05) is 27.9 Å². The van der Waals surface area contributed by atoms with Crippen LogP contribution < -0.4 is 0 Å². The SMILES string of the molecule is C=CCOCC1CN(C(=O)Cc2ccsc2)Cc2nccn2C1. The summed E-state index contributed by atoms with van der Waals surface area (Å²) in [6.07, 6.45) is 5.97. The zero-order valence-corrected chi connectivity index (χ0v) is 13.9. The molecule has 1 aliphatic rings. The maximum Gasteiger partial charge on any atom is 0.227 e. The number of carbonyl (C=O) groups is 1. The Morgan fingerprint density at radius 3 is 3.22 bits per heavy atom. The maximum atomic E-state index is 12.7. The Hall–Kier alpha value is -1.92. The van der Waals surface area contributed by atoms with Crippen molar-refractivity contribution in [2.24, 2.45) is 5.92 Å². The van der Waals surface area contributed by atoms with Crippen molar-refractivity contribution in [2.75, 3.05) is 19.8 Å². The Bertz CT molecular complexity index is 651. The Morgan fingerprint density at radius 2 is 2.43 bits per heavy atom. The summed E-state index contributed by atoms with van der Waals surface area (Å²) in [6, 6.07) is 2.01. The number of thiophene rings is 1. The lowest BCUT2D eigenvalue weighted by Crippen LogP contribution is -2.36. The number of nitrogens with zero attached hydrogens (tertiary/aromatic N) is 3. The van der Waals surface area contributed by atoms with Crippen LogP contribution in [0.4, 0.5) is 0 Å². The van der Waals surface area contributed by atoms with Crippen molar-refractivity contribution >= 4 is 17.2 Å². The fraction of sp³-hybridized carbons (Fsp3) is 0.412. The van der Waals surface area contributed by atoms with Gasteiger partial charge in [0.2, 0.25) is 5.91 Å². The Kier molecular flexibility index (Phi) is 5.25. The van der Waals surface area contributed by atoms with Gasteiger partial charge >= 0.3 is 0 Å². The van der Waals surface area contributed by atoms with Crippen molar-refractivity contribution in [1.29, 1.82) is 0 Å². The quantitative estimate of drug-likeness (QED) is 0.603. The van der Waals surface area contributed by atoms with E-state index in [2.05, 4.69) is 16.1 Å². The number of imidazole rings is 1. The summed E-state index contributed by atoms with van der Waals surface area (Å²) < 4.78 is 7.74. The van der Waals surface area contributed by atoms with E-state index in [1.54, 1.807) is 23.6 Å². The minimum absolute atomic E-state index is 0.147. The van der Waals surface area contributed by atoms with Crippen LogP contribution in [0.5, 0.6) is 0 Å². The van der Waals surface area contributed by atoms with Crippen LogP contribution in [0.15, 0.2) is 41.9 Å². The van der Waals surface area contributed by atoms with Gasteiger partial charge in [-0.05, 0) is 22.4 Å². The van der Waals surface area contributed by atoms with Crippen LogP contribution in [0.25, 0.3) is 0 Å². The molecule has 3 rings (SSSR count). The first-order valence-corrected chi connectivity index (χ1v) is 8.68. The molecule has 1 amide bonds. The van der Waals surface area contributed by atoms with Crippen molar-refractivity contribution in [1.82, 2.24) is 14.5 Å². The molecule has 5 nitrogen and oxygen atoms in total. The highest BCUT2D eigenvalue weighted by Crippen LogP contribution is 2.18. The average molecular weight is 331 g/mol. The largest absolute Gasteiger partial charge is 0.377 e. The molecule has 0 N–H and O–H groups in total. The van der Waals surface area contributed by atoms with Gasteiger partial charge in [0.15, 0.2) is 0 Å². The highest BCUT2D eigenvalue weighted by atomic mass is 32.1. The summed E-state index contributed by atoms with van der Waals surface area (Å²) in [5, 5.41) is 4.03. The van der Waals surface area contributed by atoms with Gasteiger partial charge in [0, 0.05) is 31.4 Å². The number of carbonyl (C=O) groups excluding carboxylic acids is 1. The predicted molar refractivity (Wildman–Crippen MR) is 90.2 cm³/mol. The molecule has 0 aromatic carbocycles. The van der Waals surface area contributed by atoms with E-state index in [1.165, 1.54) is 0 Å². The van der Waals surface area contributed by atoms with Gasteiger partial charge in [0.1, 0.15) is 5.82 Å². The van der Waals surface area contributed by atoms with E-state index < -0.39 is 0 Å². The second kappa shape index (κ2) is 7.57. The molecule has 1 unspecified atom stereocenters. The van der Waals surface area contributed by atoms with Crippen molar-refractivity contribution in [3.05, 3.63) is 53.3 Å². The van der Waals surface area contributed by atoms with E-state index in [9.17, 15) is 4.79 Å². The van der Waals surface area contributed by atoms with E-state index in [0.717, 1.165) is 17.9 Å². The fourth-order valence-corrected chi connectivity index (χ4v) is 3.50. The van der Waals surface area contributed by atoms with Crippen LogP contribution in [0.3, 0.4) is 0 Å². The zero-order valence-electron chi connectivity index (χ0n) is 13.1. The smallest absolute Gasteiger partial charge is 0.227 e. The van der Waals surface area contributed by atoms with Crippen LogP contribution in [0.1, 0.15) is 11.4 Å². The summed E-state index contributed by atoms with van der Waals surface area (Å²) >= 11 is 1.62. The molecule has 0 fully saturated rings. The van der Waals surface area contributed by atoms with E-state index in [0.29, 0.717) is 32.7 Å². The molecule has 0 aliphatic carbocycles. The van der Waals surface area contributed by atoms with Crippen molar-refractivity contribution in [3.63, 3.8) is 0 Å². The first-order chi connectivity index (χ1) is 11.3. The van der Waals surface area contributed by atoms with Crippen LogP contribution in [-0.2, 0) is 29.0 Å². The standard InChI is InChI=1S/C17H21N3O2S/c1-2-6-22-12-15-9-19-5-4-18-16(19)11-20(10-15)17(21)8-14-3-7-23-13-14/h2-5,7,13,15H,1,6,8-12H2. The summed E-state index contributed by atoms with van der Waals surface area (Å²) in [6.45, 7) is 6.91. The lowest BCUT2D eigenvalue weighted by atomic mass is 10.1. The van der Waals surface area contributed by atoms with Crippen molar-refractivity contribution in [3.8, 4) is 0 Å². The number of rotatable bonds is 6. The third-order valence-electron chi connectivity index (χ3n) is 3.94. The summed E-state index contributed by atoms with van der Waals surface area (Å²) in [7, 11) is 0. The molecule has 1 atom stereocenters. The Morgan fingerprint density at radius 1 is 1.52 bits per heavy atom. The minimum atomic E-state index is 0.147. The maximum absolute atomic E-state index is 12.7. The minimum Gasteiger partial charge on any atom is -0.377 e. The Balaban J connectivity index is 1.70. The molecular weight excluding hydrogens is 310 g/mol. The molecule has 0 spiro atoms. The summed E-state index contributed by atoms with van der Waals surface area (Å²) in [5.74, 6) is 1.35. The number of amides is 1. The molecule has 3 heterocycles. The van der Waals surface area contributed by atoms with E-state index >= 15 is 0 Å². The van der Waals surface area contributed by atoms with E-state index in [4.69, 9.17) is 4.74 Å². The predicted octanol–water partition coefficient (Wildman–Crippen LogP) is 2.35. The average Bonchev–Trinajstić information content (AvgIpc) is 3.16. The number of ether oxygens (including phenoxy) is 1. The lowest BCUT2D eigenvalue weighted by Gasteiger charge is -2.24. The fourth-order valence-electron chi connectivity index (χ4n) is 2.83. The van der Waals surface area contributed by atoms with E-state index in [-0.39, 0.29) is 11.8 Å². The second-order valence-corrected chi connectivity index (χ2v) is 6.55. The first-order valence-electron chi connectivity index (χ1n) is 7.73. The molecule has 0 bridgehead atoms. The van der Waals surface area contributed by atoms with Gasteiger partial charge in [-0.1, -0.05) is 6.08 Å². The van der Waals surface area contributed by atoms with Crippen molar-refractivity contribution < 1.29 is 9.53 Å². The van der Waals surface area contributed by atoms with Crippen molar-refractivity contribution in [2.45, 2.75) is 19.5 Å². The van der Waals surface area contributed by atoms with Crippen LogP contribution in [0.2, 0.25) is 0 Å². The number of aromatic nitrogens is 2. The van der Waals surface area contributed by atoms with Crippen LogP contribution in [-0.4, -0.2) is 40.1 Å². The van der Waals surface area contributed by atoms with Gasteiger partial charge in [-0.25, -0.2) is 4.98 Å². The van der Waals surface area contributed by atoms with Crippen LogP contribution in [0, 0.1) is 5.92 Å². The normalized spacial score (nSPS) is 17.6. The molecular formula is C17H21N3O2S. The lowest BCUT2D eigenvalue weighted by molar-refractivity contribution is -0.131. The number of hydrogen-bond acceptors (Lipinski definition) is 4. The molecule has 0 saturated heterocycles. The number of hydrogen-bond donors (Lipinski definition) is 0. The Labute approximate surface area is 140 Å². The second-order valence-electron chi connectivity index (χ2n) is 5.77. The highest BCUT2D eigenvalue weighted by Gasteiger charge is 2.25. The van der Waals surface area contributed by atoms with Gasteiger partial charge in [0.25, 0.3) is 0 Å². The summed E-state index contributed by atoms with van der Waals surface area (Å²) in [4.78, 5) is 19.0. The third-order valence-corrected chi connectivity index (χ3v) is 4.68. The topological polar surface area (TPSA) is 47.4 Å². The molecule has 2 aromatic rings. The summed E-state index contributed by atoms with van der Waals surface area (Å²) in [5.41, 5.74) is 1.08. The third kappa shape index (κ3) is 4.09. The molecule has 0 radical (unpaired) electrons. The zero-order chi connectivity index (χ0) is 16.1. The highest BCUT2D eigenvalue weighted by molar-refractivity contribution is 7.07. The van der Waals surface area contributed by atoms with Gasteiger partial charge < -0.3 is 14.2 Å². The molecule has 6 heteroatoms. The molecule has 122 valence electrons. The van der Waals surface area contributed by atoms with Crippen LogP contribution >= 0.6 is 11.3 Å². The van der Waals surface area contributed by atoms with Gasteiger partial charge in [-0.15, -0.1) is 6.58 Å². The molecule has 2 aromatic heterocycles.